The second-order valence-electron chi connectivity index (χ2n) is 9.30. The van der Waals surface area contributed by atoms with Crippen molar-refractivity contribution in [2.45, 2.75) is 69.4 Å². The van der Waals surface area contributed by atoms with E-state index in [1.54, 1.807) is 6.07 Å². The first-order valence-corrected chi connectivity index (χ1v) is 10.4. The summed E-state index contributed by atoms with van der Waals surface area (Å²) in [4.78, 5) is 15.7. The number of hydrogen-bond donors (Lipinski definition) is 1. The van der Waals surface area contributed by atoms with Gasteiger partial charge in [-0.25, -0.2) is 0 Å². The van der Waals surface area contributed by atoms with Gasteiger partial charge in [0.05, 0.1) is 5.41 Å². The van der Waals surface area contributed by atoms with Crippen LogP contribution in [0.5, 0.6) is 11.5 Å². The van der Waals surface area contributed by atoms with E-state index in [0.717, 1.165) is 38.1 Å². The van der Waals surface area contributed by atoms with Gasteiger partial charge in [0.1, 0.15) is 0 Å². The lowest BCUT2D eigenvalue weighted by Crippen LogP contribution is -2.72. The van der Waals surface area contributed by atoms with E-state index in [1.807, 2.05) is 0 Å². The molecule has 2 saturated carbocycles. The van der Waals surface area contributed by atoms with Crippen molar-refractivity contribution in [3.05, 3.63) is 23.3 Å². The number of hydrogen-bond acceptors (Lipinski definition) is 4. The van der Waals surface area contributed by atoms with Gasteiger partial charge >= 0.3 is 0 Å². The van der Waals surface area contributed by atoms with Gasteiger partial charge in [-0.2, -0.15) is 0 Å². The molecule has 1 aromatic rings. The molecule has 4 nitrogen and oxygen atoms in total. The molecule has 1 spiro atoms. The predicted molar refractivity (Wildman–Crippen MR) is 97.6 cm³/mol. The molecule has 6 rings (SSSR count). The van der Waals surface area contributed by atoms with Crippen molar-refractivity contribution in [2.75, 3.05) is 13.1 Å². The maximum atomic E-state index is 12.9. The van der Waals surface area contributed by atoms with E-state index in [2.05, 4.69) is 17.9 Å². The molecule has 1 unspecified atom stereocenters. The largest absolute Gasteiger partial charge is 0.504 e. The summed E-state index contributed by atoms with van der Waals surface area (Å²) in [6.07, 6.45) is 7.09. The number of aromatic hydroxyl groups is 1. The third-order valence-electron chi connectivity index (χ3n) is 8.46. The molecule has 0 aromatic heterocycles. The molecular formula is C22H27NO3. The zero-order chi connectivity index (χ0) is 17.7. The fourth-order valence-corrected chi connectivity index (χ4v) is 7.20. The predicted octanol–water partition coefficient (Wildman–Crippen LogP) is 3.19. The van der Waals surface area contributed by atoms with Gasteiger partial charge < -0.3 is 9.84 Å². The van der Waals surface area contributed by atoms with Gasteiger partial charge in [0.15, 0.2) is 23.4 Å². The van der Waals surface area contributed by atoms with E-state index in [4.69, 9.17) is 4.74 Å². The number of piperidine rings is 1. The number of phenolic OH excluding ortho intramolecular Hbond substituents is 1. The van der Waals surface area contributed by atoms with Gasteiger partial charge in [0.25, 0.3) is 0 Å². The zero-order valence-corrected chi connectivity index (χ0v) is 15.5. The van der Waals surface area contributed by atoms with Crippen LogP contribution in [0.25, 0.3) is 0 Å². The van der Waals surface area contributed by atoms with E-state index in [1.165, 1.54) is 30.5 Å². The summed E-state index contributed by atoms with van der Waals surface area (Å²) in [5.41, 5.74) is 2.39. The Balaban J connectivity index is 1.60. The number of ether oxygens (including phenoxy) is 1. The highest BCUT2D eigenvalue weighted by atomic mass is 16.5. The summed E-state index contributed by atoms with van der Waals surface area (Å²) in [7, 11) is 0. The van der Waals surface area contributed by atoms with Crippen LogP contribution in [0.2, 0.25) is 0 Å². The van der Waals surface area contributed by atoms with Gasteiger partial charge in [-0.15, -0.1) is 0 Å². The number of ketones is 1. The van der Waals surface area contributed by atoms with Gasteiger partial charge in [0, 0.05) is 30.0 Å². The Labute approximate surface area is 154 Å². The molecule has 1 N–H and O–H groups in total. The van der Waals surface area contributed by atoms with E-state index < -0.39 is 0 Å². The fraction of sp³-hybridized carbons (Fsp3) is 0.682. The van der Waals surface area contributed by atoms with Crippen molar-refractivity contribution < 1.29 is 14.6 Å². The Kier molecular flexibility index (Phi) is 2.88. The molecule has 2 bridgehead atoms. The minimum absolute atomic E-state index is 0.102. The molecule has 3 aliphatic carbocycles. The summed E-state index contributed by atoms with van der Waals surface area (Å²) >= 11 is 0. The van der Waals surface area contributed by atoms with Gasteiger partial charge in [0.2, 0.25) is 0 Å². The lowest BCUT2D eigenvalue weighted by Gasteiger charge is -2.65. The first kappa shape index (κ1) is 15.5. The Morgan fingerprint density at radius 2 is 2.15 bits per heavy atom. The molecule has 4 heteroatoms. The fourth-order valence-electron chi connectivity index (χ4n) is 7.20. The first-order chi connectivity index (χ1) is 12.6. The van der Waals surface area contributed by atoms with Gasteiger partial charge in [-0.05, 0) is 62.6 Å². The minimum Gasteiger partial charge on any atom is -0.504 e. The van der Waals surface area contributed by atoms with Crippen LogP contribution in [0.15, 0.2) is 12.1 Å². The molecular weight excluding hydrogens is 326 g/mol. The van der Waals surface area contributed by atoms with Crippen LogP contribution in [0, 0.1) is 11.3 Å². The third kappa shape index (κ3) is 1.60. The third-order valence-corrected chi connectivity index (χ3v) is 8.46. The molecule has 3 fully saturated rings. The monoisotopic (exact) mass is 353 g/mol. The standard InChI is InChI=1S/C22H27NO3/c1-2-21-8-7-16(25)20-22(21)9-10-23(12-13-3-4-13)17(21)11-14-5-6-15(24)19(26-20)18(14)22/h5-6,13,17,20,24H,2-4,7-12H2,1H3/t17-,20?,21+,22+/m1/s1. The van der Waals surface area contributed by atoms with Crippen molar-refractivity contribution in [1.29, 1.82) is 0 Å². The van der Waals surface area contributed by atoms with Crippen molar-refractivity contribution in [1.82, 2.24) is 4.90 Å². The number of carbonyl (C=O) groups is 1. The smallest absolute Gasteiger partial charge is 0.174 e. The Morgan fingerprint density at radius 3 is 2.92 bits per heavy atom. The summed E-state index contributed by atoms with van der Waals surface area (Å²) in [6.45, 7) is 4.60. The van der Waals surface area contributed by atoms with Gasteiger partial charge in [-0.3, -0.25) is 9.69 Å². The molecule has 2 heterocycles. The van der Waals surface area contributed by atoms with Crippen LogP contribution < -0.4 is 4.74 Å². The van der Waals surface area contributed by atoms with Crippen LogP contribution in [0.1, 0.15) is 56.6 Å². The van der Waals surface area contributed by atoms with E-state index in [9.17, 15) is 9.90 Å². The van der Waals surface area contributed by atoms with E-state index in [0.29, 0.717) is 18.2 Å². The number of nitrogens with zero attached hydrogens (tertiary/aromatic N) is 1. The second kappa shape index (κ2) is 4.83. The van der Waals surface area contributed by atoms with Crippen LogP contribution in [0.4, 0.5) is 0 Å². The highest BCUT2D eigenvalue weighted by molar-refractivity contribution is 5.89. The van der Waals surface area contributed by atoms with Crippen molar-refractivity contribution in [3.63, 3.8) is 0 Å². The second-order valence-corrected chi connectivity index (χ2v) is 9.30. The van der Waals surface area contributed by atoms with E-state index >= 15 is 0 Å². The Morgan fingerprint density at radius 1 is 1.31 bits per heavy atom. The molecule has 2 aliphatic heterocycles. The van der Waals surface area contributed by atoms with Crippen LogP contribution in [-0.2, 0) is 16.6 Å². The molecule has 138 valence electrons. The summed E-state index contributed by atoms with van der Waals surface area (Å²) < 4.78 is 6.26. The Hall–Kier alpha value is -1.55. The number of carbonyl (C=O) groups excluding carboxylic acids is 1. The zero-order valence-electron chi connectivity index (χ0n) is 15.5. The average molecular weight is 353 g/mol. The van der Waals surface area contributed by atoms with E-state index in [-0.39, 0.29) is 28.5 Å². The lowest BCUT2D eigenvalue weighted by molar-refractivity contribution is -0.156. The molecule has 26 heavy (non-hydrogen) atoms. The molecule has 1 saturated heterocycles. The highest BCUT2D eigenvalue weighted by Crippen LogP contribution is 2.69. The summed E-state index contributed by atoms with van der Waals surface area (Å²) in [5.74, 6) is 1.96. The number of likely N-dealkylation sites (tertiary alicyclic amines) is 1. The van der Waals surface area contributed by atoms with Crippen molar-refractivity contribution in [3.8, 4) is 11.5 Å². The normalized spacial score (nSPS) is 40.3. The van der Waals surface area contributed by atoms with Crippen molar-refractivity contribution in [2.24, 2.45) is 11.3 Å². The highest BCUT2D eigenvalue weighted by Gasteiger charge is 2.72. The number of Topliss-reactive ketones (excluding diaryl/α,β-unsaturated/α-hetero) is 1. The minimum atomic E-state index is -0.385. The lowest BCUT2D eigenvalue weighted by atomic mass is 9.42. The summed E-state index contributed by atoms with van der Waals surface area (Å²) in [6, 6.07) is 4.37. The SMILES string of the molecule is CC[C@@]12CCC(=O)C3Oc4c(O)ccc5c4[C@@]31CCN(CC1CC1)[C@@H]2C5. The van der Waals surface area contributed by atoms with Crippen LogP contribution in [0.3, 0.4) is 0 Å². The first-order valence-electron chi connectivity index (χ1n) is 10.4. The molecule has 5 aliphatic rings. The van der Waals surface area contributed by atoms with Gasteiger partial charge in [-0.1, -0.05) is 13.0 Å². The number of phenols is 1. The molecule has 0 radical (unpaired) electrons. The molecule has 0 amide bonds. The average Bonchev–Trinajstić information content (AvgIpc) is 3.38. The maximum absolute atomic E-state index is 12.9. The maximum Gasteiger partial charge on any atom is 0.174 e. The van der Waals surface area contributed by atoms with Crippen molar-refractivity contribution >= 4 is 5.78 Å². The molecule has 1 aromatic carbocycles. The van der Waals surface area contributed by atoms with Crippen LogP contribution in [-0.4, -0.2) is 41.0 Å². The number of rotatable bonds is 3. The Bertz CT molecular complexity index is 816. The number of benzene rings is 1. The quantitative estimate of drug-likeness (QED) is 0.907. The summed E-state index contributed by atoms with van der Waals surface area (Å²) in [5, 5.41) is 10.5. The molecule has 4 atom stereocenters. The van der Waals surface area contributed by atoms with Crippen LogP contribution >= 0.6 is 0 Å². The topological polar surface area (TPSA) is 49.8 Å².